The number of Topliss-reactive ketones (excluding diaryl/α,β-unsaturated/α-hetero) is 1. The smallest absolute Gasteiger partial charge is 0.294 e. The summed E-state index contributed by atoms with van der Waals surface area (Å²) >= 11 is 0. The Labute approximate surface area is 173 Å². The fraction of sp³-hybridized carbons (Fsp3) is 0.217. The zero-order chi connectivity index (χ0) is 21.5. The van der Waals surface area contributed by atoms with Gasteiger partial charge in [-0.3, -0.25) is 19.5 Å². The van der Waals surface area contributed by atoms with Gasteiger partial charge in [0, 0.05) is 28.9 Å². The molecule has 0 spiro atoms. The predicted octanol–water partition coefficient (Wildman–Crippen LogP) is 4.25. The molecule has 1 amide bonds. The second-order valence-electron chi connectivity index (χ2n) is 8.11. The lowest BCUT2D eigenvalue weighted by Crippen LogP contribution is -2.33. The van der Waals surface area contributed by atoms with Crippen molar-refractivity contribution in [1.29, 1.82) is 0 Å². The molecule has 1 aliphatic rings. The zero-order valence-electron chi connectivity index (χ0n) is 16.9. The second-order valence-corrected chi connectivity index (χ2v) is 8.11. The highest BCUT2D eigenvalue weighted by Crippen LogP contribution is 2.42. The maximum Gasteiger partial charge on any atom is 0.294 e. The van der Waals surface area contributed by atoms with Crippen molar-refractivity contribution < 1.29 is 19.2 Å². The summed E-state index contributed by atoms with van der Waals surface area (Å²) in [4.78, 5) is 32.0. The largest absolute Gasteiger partial charge is 0.503 e. The van der Waals surface area contributed by atoms with Crippen molar-refractivity contribution >= 4 is 17.4 Å². The molecule has 0 bridgehead atoms. The molecule has 30 heavy (non-hydrogen) atoms. The van der Waals surface area contributed by atoms with Crippen LogP contribution in [0.1, 0.15) is 32.5 Å². The Morgan fingerprint density at radius 2 is 1.83 bits per heavy atom. The molecule has 1 unspecified atom stereocenters. The summed E-state index contributed by atoms with van der Waals surface area (Å²) in [7, 11) is 0. The quantitative estimate of drug-likeness (QED) is 0.699. The standard InChI is InChI=1S/C23H21N3O4/c1-23(2,3)21(28)18-19(17-6-4-5-12-24-17)26(22(29)20(18)27)15-9-7-14(8-10-15)16-11-13-30-25-16/h4-13,19,27H,1-3H3. The van der Waals surface area contributed by atoms with E-state index in [0.717, 1.165) is 5.56 Å². The van der Waals surface area contributed by atoms with Gasteiger partial charge in [0.1, 0.15) is 18.0 Å². The SMILES string of the molecule is CC(C)(C)C(=O)C1=C(O)C(=O)N(c2ccc(-c3ccon3)cc2)C1c1ccccn1. The number of pyridine rings is 1. The molecule has 1 N–H and O–H groups in total. The van der Waals surface area contributed by atoms with Crippen LogP contribution in [0.15, 0.2) is 76.8 Å². The third-order valence-electron chi connectivity index (χ3n) is 4.98. The number of rotatable bonds is 4. The van der Waals surface area contributed by atoms with Crippen molar-refractivity contribution in [2.24, 2.45) is 5.41 Å². The molecule has 1 atom stereocenters. The summed E-state index contributed by atoms with van der Waals surface area (Å²) in [6, 6.07) is 13.3. The average molecular weight is 403 g/mol. The number of benzene rings is 1. The Kier molecular flexibility index (Phi) is 4.73. The van der Waals surface area contributed by atoms with Gasteiger partial charge in [-0.1, -0.05) is 44.1 Å². The first-order valence-corrected chi connectivity index (χ1v) is 9.52. The molecule has 7 heteroatoms. The Morgan fingerprint density at radius 1 is 1.10 bits per heavy atom. The van der Waals surface area contributed by atoms with Gasteiger partial charge in [-0.2, -0.15) is 0 Å². The Hall–Kier alpha value is -3.74. The number of hydrogen-bond acceptors (Lipinski definition) is 6. The number of carbonyl (C=O) groups is 2. The van der Waals surface area contributed by atoms with E-state index >= 15 is 0 Å². The summed E-state index contributed by atoms with van der Waals surface area (Å²) in [5, 5.41) is 14.6. The van der Waals surface area contributed by atoms with Gasteiger partial charge in [0.25, 0.3) is 5.91 Å². The van der Waals surface area contributed by atoms with Crippen molar-refractivity contribution in [2.45, 2.75) is 26.8 Å². The third-order valence-corrected chi connectivity index (χ3v) is 4.98. The lowest BCUT2D eigenvalue weighted by atomic mass is 9.83. The van der Waals surface area contributed by atoms with Crippen molar-refractivity contribution in [2.75, 3.05) is 4.90 Å². The second kappa shape index (κ2) is 7.26. The van der Waals surface area contributed by atoms with Crippen LogP contribution in [0, 0.1) is 5.41 Å². The van der Waals surface area contributed by atoms with Crippen LogP contribution in [-0.2, 0) is 9.59 Å². The van der Waals surface area contributed by atoms with Crippen molar-refractivity contribution in [1.82, 2.24) is 10.1 Å². The van der Waals surface area contributed by atoms with Crippen LogP contribution in [0.4, 0.5) is 5.69 Å². The Morgan fingerprint density at radius 3 is 2.40 bits per heavy atom. The molecule has 3 heterocycles. The summed E-state index contributed by atoms with van der Waals surface area (Å²) < 4.78 is 4.88. The van der Waals surface area contributed by atoms with Crippen molar-refractivity contribution in [3.63, 3.8) is 0 Å². The normalized spacial score (nSPS) is 17.0. The van der Waals surface area contributed by atoms with Gasteiger partial charge in [0.15, 0.2) is 11.5 Å². The van der Waals surface area contributed by atoms with Gasteiger partial charge in [0.2, 0.25) is 0 Å². The minimum atomic E-state index is -0.816. The van der Waals surface area contributed by atoms with Crippen molar-refractivity contribution in [3.8, 4) is 11.3 Å². The van der Waals surface area contributed by atoms with Gasteiger partial charge in [-0.25, -0.2) is 0 Å². The molecule has 0 fully saturated rings. The van der Waals surface area contributed by atoms with Gasteiger partial charge >= 0.3 is 0 Å². The number of hydrogen-bond donors (Lipinski definition) is 1. The number of amides is 1. The number of nitrogens with zero attached hydrogens (tertiary/aromatic N) is 3. The fourth-order valence-electron chi connectivity index (χ4n) is 3.48. The van der Waals surface area contributed by atoms with Crippen molar-refractivity contribution in [3.05, 3.63) is 78.0 Å². The highest BCUT2D eigenvalue weighted by atomic mass is 16.5. The highest BCUT2D eigenvalue weighted by molar-refractivity contribution is 6.17. The first-order chi connectivity index (χ1) is 14.3. The lowest BCUT2D eigenvalue weighted by molar-refractivity contribution is -0.123. The van der Waals surface area contributed by atoms with Gasteiger partial charge in [0.05, 0.1) is 11.3 Å². The van der Waals surface area contributed by atoms with Crippen LogP contribution < -0.4 is 4.90 Å². The molecule has 4 rings (SSSR count). The van der Waals surface area contributed by atoms with E-state index in [-0.39, 0.29) is 11.4 Å². The van der Waals surface area contributed by atoms with Gasteiger partial charge in [-0.05, 0) is 24.3 Å². The number of aliphatic hydroxyl groups is 1. The minimum Gasteiger partial charge on any atom is -0.503 e. The van der Waals surface area contributed by atoms with Crippen LogP contribution in [0.3, 0.4) is 0 Å². The first kappa shape index (κ1) is 19.6. The van der Waals surface area contributed by atoms with E-state index in [1.165, 1.54) is 11.2 Å². The number of ketones is 1. The maximum absolute atomic E-state index is 13.1. The molecule has 0 saturated carbocycles. The monoisotopic (exact) mass is 403 g/mol. The van der Waals surface area contributed by atoms with E-state index in [0.29, 0.717) is 17.1 Å². The molecule has 1 aromatic carbocycles. The van der Waals surface area contributed by atoms with Crippen LogP contribution in [0.25, 0.3) is 11.3 Å². The molecule has 7 nitrogen and oxygen atoms in total. The molecule has 0 aliphatic carbocycles. The molecule has 3 aromatic rings. The summed E-state index contributed by atoms with van der Waals surface area (Å²) in [6.07, 6.45) is 3.08. The number of anilines is 1. The zero-order valence-corrected chi connectivity index (χ0v) is 16.9. The van der Waals surface area contributed by atoms with E-state index in [1.54, 1.807) is 75.5 Å². The molecular formula is C23H21N3O4. The average Bonchev–Trinajstić information content (AvgIpc) is 3.35. The Balaban J connectivity index is 1.81. The summed E-state index contributed by atoms with van der Waals surface area (Å²) in [5.41, 5.74) is 1.81. The molecular weight excluding hydrogens is 382 g/mol. The number of carbonyl (C=O) groups excluding carboxylic acids is 2. The molecule has 1 aliphatic heterocycles. The van der Waals surface area contributed by atoms with E-state index in [1.807, 2.05) is 0 Å². The topological polar surface area (TPSA) is 96.5 Å². The van der Waals surface area contributed by atoms with E-state index in [9.17, 15) is 14.7 Å². The predicted molar refractivity (Wildman–Crippen MR) is 111 cm³/mol. The van der Waals surface area contributed by atoms with E-state index in [2.05, 4.69) is 10.1 Å². The minimum absolute atomic E-state index is 0.0618. The fourth-order valence-corrected chi connectivity index (χ4v) is 3.48. The van der Waals surface area contributed by atoms with Crippen LogP contribution in [0.2, 0.25) is 0 Å². The number of aliphatic hydroxyl groups excluding tert-OH is 1. The molecule has 0 radical (unpaired) electrons. The molecule has 152 valence electrons. The highest BCUT2D eigenvalue weighted by Gasteiger charge is 2.47. The number of aromatic nitrogens is 2. The summed E-state index contributed by atoms with van der Waals surface area (Å²) in [6.45, 7) is 5.26. The molecule has 0 saturated heterocycles. The van der Waals surface area contributed by atoms with E-state index in [4.69, 9.17) is 4.52 Å². The summed E-state index contributed by atoms with van der Waals surface area (Å²) in [5.74, 6) is -1.47. The maximum atomic E-state index is 13.1. The van der Waals surface area contributed by atoms with Crippen LogP contribution in [0.5, 0.6) is 0 Å². The van der Waals surface area contributed by atoms with Gasteiger partial charge < -0.3 is 9.63 Å². The van der Waals surface area contributed by atoms with Crippen LogP contribution in [-0.4, -0.2) is 26.9 Å². The Bertz CT molecular complexity index is 1110. The third kappa shape index (κ3) is 3.28. The lowest BCUT2D eigenvalue weighted by Gasteiger charge is -2.28. The van der Waals surface area contributed by atoms with Crippen LogP contribution >= 0.6 is 0 Å². The molecule has 2 aromatic heterocycles. The first-order valence-electron chi connectivity index (χ1n) is 9.52. The van der Waals surface area contributed by atoms with Gasteiger partial charge in [-0.15, -0.1) is 0 Å². The van der Waals surface area contributed by atoms with E-state index < -0.39 is 23.1 Å².